The molecule has 55 heavy (non-hydrogen) atoms. The van der Waals surface area contributed by atoms with Gasteiger partial charge in [0.25, 0.3) is 0 Å². The zero-order valence-corrected chi connectivity index (χ0v) is 35.1. The molecule has 11 nitrogen and oxygen atoms in total. The molecule has 11 heteroatoms. The molecule has 1 aliphatic rings. The van der Waals surface area contributed by atoms with Gasteiger partial charge in [0, 0.05) is 19.3 Å². The molecular formula is C44H85NO10. The third-order valence-electron chi connectivity index (χ3n) is 11.2. The largest absolute Gasteiger partial charge is 0.394 e. The van der Waals surface area contributed by atoms with Crippen molar-refractivity contribution in [3.8, 4) is 0 Å². The molecule has 7 N–H and O–H groups in total. The smallest absolute Gasteiger partial charge is 0.220 e. The lowest BCUT2D eigenvalue weighted by molar-refractivity contribution is -0.303. The molecule has 1 rings (SSSR count). The number of ketones is 1. The summed E-state index contributed by atoms with van der Waals surface area (Å²) in [7, 11) is 0. The Bertz CT molecular complexity index is 908. The van der Waals surface area contributed by atoms with Gasteiger partial charge < -0.3 is 45.4 Å². The number of carbonyl (C=O) groups is 2. The standard InChI is InChI=1S/C44H85NO10/c1-3-5-7-9-10-11-12-13-16-19-23-27-31-37(48)40(50)36(34-54-44-43(53)42(52)41(51)38(33-46)55-44)45-39(49)32-28-24-20-17-14-15-18-22-26-30-35(47)29-25-21-8-6-4-2/h36-38,40-44,46,48,50-53H,3-34H2,1-2H3,(H,45,49)/t36-,37+,38?,40-,41-,42-,43?,44-/m0/s1. The summed E-state index contributed by atoms with van der Waals surface area (Å²) < 4.78 is 11.1. The maximum absolute atomic E-state index is 13.0. The van der Waals surface area contributed by atoms with Crippen LogP contribution in [-0.4, -0.2) is 104 Å². The van der Waals surface area contributed by atoms with Gasteiger partial charge in [-0.2, -0.15) is 0 Å². The zero-order valence-electron chi connectivity index (χ0n) is 35.1. The van der Waals surface area contributed by atoms with E-state index in [2.05, 4.69) is 19.2 Å². The molecule has 0 aliphatic carbocycles. The highest BCUT2D eigenvalue weighted by molar-refractivity contribution is 5.78. The fourth-order valence-corrected chi connectivity index (χ4v) is 7.44. The van der Waals surface area contributed by atoms with E-state index < -0.39 is 55.6 Å². The maximum atomic E-state index is 13.0. The van der Waals surface area contributed by atoms with Gasteiger partial charge in [0.2, 0.25) is 5.91 Å². The van der Waals surface area contributed by atoms with Gasteiger partial charge in [-0.1, -0.05) is 162 Å². The highest BCUT2D eigenvalue weighted by Gasteiger charge is 2.44. The van der Waals surface area contributed by atoms with E-state index in [1.165, 1.54) is 77.0 Å². The lowest BCUT2D eigenvalue weighted by Crippen LogP contribution is -2.60. The van der Waals surface area contributed by atoms with E-state index in [0.717, 1.165) is 89.9 Å². The number of rotatable bonds is 38. The number of hydrogen-bond donors (Lipinski definition) is 7. The number of Topliss-reactive ketones (excluding diaryl/α,β-unsaturated/α-hetero) is 1. The number of nitrogens with one attached hydrogen (secondary N) is 1. The average Bonchev–Trinajstić information content (AvgIpc) is 3.18. The summed E-state index contributed by atoms with van der Waals surface area (Å²) in [4.78, 5) is 25.0. The molecule has 1 fully saturated rings. The summed E-state index contributed by atoms with van der Waals surface area (Å²) in [5.74, 6) is 0.128. The molecule has 326 valence electrons. The van der Waals surface area contributed by atoms with Crippen molar-refractivity contribution in [2.75, 3.05) is 13.2 Å². The molecule has 0 bridgehead atoms. The Hall–Kier alpha value is -1.18. The Morgan fingerprint density at radius 3 is 1.45 bits per heavy atom. The molecule has 0 aromatic carbocycles. The second-order valence-corrected chi connectivity index (χ2v) is 16.3. The third-order valence-corrected chi connectivity index (χ3v) is 11.2. The number of aliphatic hydroxyl groups is 6. The summed E-state index contributed by atoms with van der Waals surface area (Å²) in [6.45, 7) is 3.51. The van der Waals surface area contributed by atoms with Crippen molar-refractivity contribution in [1.29, 1.82) is 0 Å². The molecular weight excluding hydrogens is 702 g/mol. The quantitative estimate of drug-likeness (QED) is 0.0313. The van der Waals surface area contributed by atoms with Gasteiger partial charge in [-0.15, -0.1) is 0 Å². The Labute approximate surface area is 334 Å². The minimum absolute atomic E-state index is 0.255. The lowest BCUT2D eigenvalue weighted by Gasteiger charge is -2.40. The molecule has 1 amide bonds. The summed E-state index contributed by atoms with van der Waals surface area (Å²) in [6, 6.07) is -1.01. The molecule has 1 saturated heterocycles. The first-order chi connectivity index (χ1) is 26.7. The van der Waals surface area contributed by atoms with Crippen molar-refractivity contribution in [3.63, 3.8) is 0 Å². The van der Waals surface area contributed by atoms with Crippen molar-refractivity contribution in [1.82, 2.24) is 5.32 Å². The molecule has 2 unspecified atom stereocenters. The van der Waals surface area contributed by atoms with Crippen LogP contribution >= 0.6 is 0 Å². The molecule has 0 radical (unpaired) electrons. The normalized spacial score (nSPS) is 21.7. The Balaban J connectivity index is 2.40. The van der Waals surface area contributed by atoms with E-state index in [4.69, 9.17) is 9.47 Å². The number of ether oxygens (including phenoxy) is 2. The third kappa shape index (κ3) is 25.7. The molecule has 0 aromatic rings. The van der Waals surface area contributed by atoms with Gasteiger partial charge >= 0.3 is 0 Å². The fraction of sp³-hybridized carbons (Fsp3) is 0.955. The topological polar surface area (TPSA) is 186 Å². The summed E-state index contributed by atoms with van der Waals surface area (Å²) in [6.07, 6.45) is 21.7. The van der Waals surface area contributed by atoms with Gasteiger partial charge in [-0.05, 0) is 25.7 Å². The van der Waals surface area contributed by atoms with Crippen LogP contribution in [0.3, 0.4) is 0 Å². The first-order valence-corrected chi connectivity index (χ1v) is 22.7. The minimum Gasteiger partial charge on any atom is -0.394 e. The van der Waals surface area contributed by atoms with E-state index in [0.29, 0.717) is 25.0 Å². The second kappa shape index (κ2) is 34.8. The van der Waals surface area contributed by atoms with Gasteiger partial charge in [0.15, 0.2) is 6.29 Å². The number of amides is 1. The maximum Gasteiger partial charge on any atom is 0.220 e. The molecule has 1 heterocycles. The summed E-state index contributed by atoms with van der Waals surface area (Å²) >= 11 is 0. The second-order valence-electron chi connectivity index (χ2n) is 16.3. The van der Waals surface area contributed by atoms with Crippen molar-refractivity contribution in [2.45, 2.75) is 255 Å². The van der Waals surface area contributed by atoms with E-state index in [-0.39, 0.29) is 18.9 Å². The molecule has 0 spiro atoms. The Morgan fingerprint density at radius 1 is 0.582 bits per heavy atom. The summed E-state index contributed by atoms with van der Waals surface area (Å²) in [5, 5.41) is 65.0. The zero-order chi connectivity index (χ0) is 40.5. The van der Waals surface area contributed by atoms with E-state index in [9.17, 15) is 40.2 Å². The highest BCUT2D eigenvalue weighted by atomic mass is 16.7. The first kappa shape index (κ1) is 51.8. The van der Waals surface area contributed by atoms with Crippen LogP contribution in [0.1, 0.15) is 206 Å². The van der Waals surface area contributed by atoms with Crippen LogP contribution in [0.2, 0.25) is 0 Å². The van der Waals surface area contributed by atoms with Gasteiger partial charge in [-0.3, -0.25) is 9.59 Å². The van der Waals surface area contributed by atoms with Gasteiger partial charge in [0.05, 0.1) is 25.4 Å². The number of unbranched alkanes of at least 4 members (excludes halogenated alkanes) is 23. The van der Waals surface area contributed by atoms with Crippen LogP contribution in [0.5, 0.6) is 0 Å². The van der Waals surface area contributed by atoms with Crippen molar-refractivity contribution < 1.29 is 49.7 Å². The van der Waals surface area contributed by atoms with Crippen LogP contribution in [-0.2, 0) is 19.1 Å². The number of carbonyl (C=O) groups excluding carboxylic acids is 2. The van der Waals surface area contributed by atoms with Crippen LogP contribution in [0, 0.1) is 0 Å². The Morgan fingerprint density at radius 2 is 1.00 bits per heavy atom. The molecule has 1 aliphatic heterocycles. The fourth-order valence-electron chi connectivity index (χ4n) is 7.44. The van der Waals surface area contributed by atoms with Crippen molar-refractivity contribution >= 4 is 11.7 Å². The predicted molar refractivity (Wildman–Crippen MR) is 219 cm³/mol. The number of aliphatic hydroxyl groups excluding tert-OH is 6. The van der Waals surface area contributed by atoms with E-state index >= 15 is 0 Å². The average molecular weight is 788 g/mol. The lowest BCUT2D eigenvalue weighted by atomic mass is 9.98. The highest BCUT2D eigenvalue weighted by Crippen LogP contribution is 2.23. The van der Waals surface area contributed by atoms with Gasteiger partial charge in [-0.25, -0.2) is 0 Å². The van der Waals surface area contributed by atoms with Crippen molar-refractivity contribution in [2.24, 2.45) is 0 Å². The van der Waals surface area contributed by atoms with Crippen LogP contribution < -0.4 is 5.32 Å². The van der Waals surface area contributed by atoms with Crippen LogP contribution in [0.15, 0.2) is 0 Å². The minimum atomic E-state index is -1.62. The van der Waals surface area contributed by atoms with Crippen LogP contribution in [0.25, 0.3) is 0 Å². The molecule has 0 aromatic heterocycles. The predicted octanol–water partition coefficient (Wildman–Crippen LogP) is 7.32. The Kier molecular flexibility index (Phi) is 32.8. The van der Waals surface area contributed by atoms with E-state index in [1.807, 2.05) is 0 Å². The number of hydrogen-bond acceptors (Lipinski definition) is 10. The van der Waals surface area contributed by atoms with E-state index in [1.54, 1.807) is 0 Å². The first-order valence-electron chi connectivity index (χ1n) is 22.7. The van der Waals surface area contributed by atoms with Gasteiger partial charge in [0.1, 0.15) is 36.3 Å². The molecule has 0 saturated carbocycles. The van der Waals surface area contributed by atoms with Crippen LogP contribution in [0.4, 0.5) is 0 Å². The molecule has 8 atom stereocenters. The monoisotopic (exact) mass is 788 g/mol. The SMILES string of the molecule is CCCCCCCCCCCCCC[C@@H](O)[C@@H](O)[C@H](CO[C@H]1OC(CO)[C@H](O)[C@H](O)C1O)NC(=O)CCCCCCCCCCCC(=O)CCCCCCC. The summed E-state index contributed by atoms with van der Waals surface area (Å²) in [5.41, 5.74) is 0. The van der Waals surface area contributed by atoms with Crippen molar-refractivity contribution in [3.05, 3.63) is 0 Å².